The van der Waals surface area contributed by atoms with E-state index in [1.165, 1.54) is 12.5 Å². The SMILES string of the molecule is Fc1ccccc1ON1CCCCC1. The molecule has 1 aromatic rings. The Balaban J connectivity index is 1.99. The van der Waals surface area contributed by atoms with Gasteiger partial charge in [0.1, 0.15) is 0 Å². The molecule has 0 aliphatic carbocycles. The van der Waals surface area contributed by atoms with Crippen LogP contribution in [0.5, 0.6) is 5.75 Å². The molecule has 1 aliphatic heterocycles. The van der Waals surface area contributed by atoms with Crippen LogP contribution >= 0.6 is 0 Å². The van der Waals surface area contributed by atoms with Crippen molar-refractivity contribution in [2.24, 2.45) is 0 Å². The monoisotopic (exact) mass is 195 g/mol. The van der Waals surface area contributed by atoms with E-state index in [1.54, 1.807) is 18.2 Å². The summed E-state index contributed by atoms with van der Waals surface area (Å²) in [5.41, 5.74) is 0. The second kappa shape index (κ2) is 4.42. The van der Waals surface area contributed by atoms with Gasteiger partial charge >= 0.3 is 0 Å². The second-order valence-corrected chi connectivity index (χ2v) is 3.51. The van der Waals surface area contributed by atoms with Crippen molar-refractivity contribution in [1.82, 2.24) is 5.06 Å². The number of para-hydroxylation sites is 1. The highest BCUT2D eigenvalue weighted by atomic mass is 19.1. The molecule has 0 spiro atoms. The van der Waals surface area contributed by atoms with Crippen molar-refractivity contribution in [1.29, 1.82) is 0 Å². The Labute approximate surface area is 83.2 Å². The minimum atomic E-state index is -0.293. The lowest BCUT2D eigenvalue weighted by Gasteiger charge is -2.26. The molecule has 0 N–H and O–H groups in total. The Morgan fingerprint density at radius 3 is 2.50 bits per heavy atom. The highest BCUT2D eigenvalue weighted by Crippen LogP contribution is 2.18. The molecule has 1 aliphatic rings. The van der Waals surface area contributed by atoms with Gasteiger partial charge in [-0.1, -0.05) is 18.6 Å². The van der Waals surface area contributed by atoms with E-state index in [9.17, 15) is 4.39 Å². The molecule has 2 nitrogen and oxygen atoms in total. The number of halogens is 1. The first kappa shape index (κ1) is 9.46. The molecule has 3 heteroatoms. The molecule has 0 amide bonds. The van der Waals surface area contributed by atoms with Crippen LogP contribution in [0.25, 0.3) is 0 Å². The summed E-state index contributed by atoms with van der Waals surface area (Å²) >= 11 is 0. The van der Waals surface area contributed by atoms with E-state index >= 15 is 0 Å². The molecular weight excluding hydrogens is 181 g/mol. The normalized spacial score (nSPS) is 18.1. The van der Waals surface area contributed by atoms with Crippen molar-refractivity contribution in [2.45, 2.75) is 19.3 Å². The van der Waals surface area contributed by atoms with Crippen LogP contribution in [0.15, 0.2) is 24.3 Å². The molecule has 0 unspecified atom stereocenters. The molecule has 76 valence electrons. The quantitative estimate of drug-likeness (QED) is 0.719. The standard InChI is InChI=1S/C11H14FNO/c12-10-6-2-3-7-11(10)14-13-8-4-1-5-9-13/h2-3,6-7H,1,4-5,8-9H2. The maximum atomic E-state index is 13.2. The first-order valence-corrected chi connectivity index (χ1v) is 5.04. The number of hydroxylamine groups is 2. The molecule has 0 bridgehead atoms. The number of hydrogen-bond acceptors (Lipinski definition) is 2. The van der Waals surface area contributed by atoms with Gasteiger partial charge in [-0.05, 0) is 25.0 Å². The predicted molar refractivity (Wildman–Crippen MR) is 52.5 cm³/mol. The van der Waals surface area contributed by atoms with E-state index in [4.69, 9.17) is 4.84 Å². The van der Waals surface area contributed by atoms with Gasteiger partial charge in [-0.15, -0.1) is 5.06 Å². The molecule has 0 saturated carbocycles. The Morgan fingerprint density at radius 2 is 1.79 bits per heavy atom. The van der Waals surface area contributed by atoms with Crippen LogP contribution in [0, 0.1) is 5.82 Å². The van der Waals surface area contributed by atoms with Crippen LogP contribution in [0.4, 0.5) is 4.39 Å². The van der Waals surface area contributed by atoms with Gasteiger partial charge in [-0.3, -0.25) is 0 Å². The summed E-state index contributed by atoms with van der Waals surface area (Å²) in [5, 5.41) is 1.84. The molecule has 1 fully saturated rings. The molecule has 2 rings (SSSR count). The van der Waals surface area contributed by atoms with Crippen molar-refractivity contribution in [3.05, 3.63) is 30.1 Å². The van der Waals surface area contributed by atoms with E-state index in [1.807, 2.05) is 5.06 Å². The number of benzene rings is 1. The van der Waals surface area contributed by atoms with Crippen LogP contribution in [0.3, 0.4) is 0 Å². The third kappa shape index (κ3) is 2.23. The van der Waals surface area contributed by atoms with Crippen LogP contribution in [0.1, 0.15) is 19.3 Å². The maximum absolute atomic E-state index is 13.2. The minimum absolute atomic E-state index is 0.293. The Bertz CT molecular complexity index is 297. The van der Waals surface area contributed by atoms with E-state index in [2.05, 4.69) is 0 Å². The van der Waals surface area contributed by atoms with Crippen LogP contribution in [-0.2, 0) is 0 Å². The molecule has 14 heavy (non-hydrogen) atoms. The van der Waals surface area contributed by atoms with Gasteiger partial charge in [0.25, 0.3) is 0 Å². The second-order valence-electron chi connectivity index (χ2n) is 3.51. The van der Waals surface area contributed by atoms with Gasteiger partial charge in [-0.2, -0.15) is 0 Å². The Hall–Kier alpha value is -1.09. The van der Waals surface area contributed by atoms with Crippen LogP contribution in [0.2, 0.25) is 0 Å². The van der Waals surface area contributed by atoms with Gasteiger partial charge in [0.05, 0.1) is 0 Å². The van der Waals surface area contributed by atoms with Gasteiger partial charge < -0.3 is 4.84 Å². The van der Waals surface area contributed by atoms with Crippen LogP contribution in [-0.4, -0.2) is 18.2 Å². The van der Waals surface area contributed by atoms with E-state index in [0.717, 1.165) is 25.9 Å². The average molecular weight is 195 g/mol. The maximum Gasteiger partial charge on any atom is 0.183 e. The van der Waals surface area contributed by atoms with Crippen molar-refractivity contribution in [3.63, 3.8) is 0 Å². The third-order valence-electron chi connectivity index (χ3n) is 2.38. The van der Waals surface area contributed by atoms with Gasteiger partial charge in [0, 0.05) is 13.1 Å². The summed E-state index contributed by atoms with van der Waals surface area (Å²) in [7, 11) is 0. The fraction of sp³-hybridized carbons (Fsp3) is 0.455. The number of rotatable bonds is 2. The fourth-order valence-electron chi connectivity index (χ4n) is 1.61. The summed E-state index contributed by atoms with van der Waals surface area (Å²) in [6, 6.07) is 6.52. The Kier molecular flexibility index (Phi) is 2.99. The molecule has 1 saturated heterocycles. The molecule has 0 aromatic heterocycles. The highest BCUT2D eigenvalue weighted by Gasteiger charge is 2.13. The third-order valence-corrected chi connectivity index (χ3v) is 2.38. The predicted octanol–water partition coefficient (Wildman–Crippen LogP) is 2.61. The van der Waals surface area contributed by atoms with Crippen LogP contribution < -0.4 is 4.84 Å². The lowest BCUT2D eigenvalue weighted by molar-refractivity contribution is -0.0748. The van der Waals surface area contributed by atoms with Gasteiger partial charge in [-0.25, -0.2) is 4.39 Å². The largest absolute Gasteiger partial charge is 0.403 e. The zero-order valence-corrected chi connectivity index (χ0v) is 8.08. The zero-order chi connectivity index (χ0) is 9.80. The van der Waals surface area contributed by atoms with E-state index in [-0.39, 0.29) is 5.82 Å². The minimum Gasteiger partial charge on any atom is -0.403 e. The lowest BCUT2D eigenvalue weighted by Crippen LogP contribution is -2.33. The first-order valence-electron chi connectivity index (χ1n) is 5.04. The molecule has 1 aromatic carbocycles. The fourth-order valence-corrected chi connectivity index (χ4v) is 1.61. The molecular formula is C11H14FNO. The number of nitrogens with zero attached hydrogens (tertiary/aromatic N) is 1. The summed E-state index contributed by atoms with van der Waals surface area (Å²) < 4.78 is 13.2. The molecule has 0 radical (unpaired) electrons. The van der Waals surface area contributed by atoms with E-state index in [0.29, 0.717) is 5.75 Å². The average Bonchev–Trinajstić information content (AvgIpc) is 2.23. The first-order chi connectivity index (χ1) is 6.86. The zero-order valence-electron chi connectivity index (χ0n) is 8.08. The molecule has 1 heterocycles. The Morgan fingerprint density at radius 1 is 1.07 bits per heavy atom. The van der Waals surface area contributed by atoms with Crippen molar-refractivity contribution in [3.8, 4) is 5.75 Å². The van der Waals surface area contributed by atoms with Crippen molar-refractivity contribution >= 4 is 0 Å². The highest BCUT2D eigenvalue weighted by molar-refractivity contribution is 5.23. The van der Waals surface area contributed by atoms with E-state index < -0.39 is 0 Å². The summed E-state index contributed by atoms with van der Waals surface area (Å²) in [6.07, 6.45) is 3.51. The smallest absolute Gasteiger partial charge is 0.183 e. The van der Waals surface area contributed by atoms with Gasteiger partial charge in [0.2, 0.25) is 0 Å². The van der Waals surface area contributed by atoms with Crippen molar-refractivity contribution in [2.75, 3.05) is 13.1 Å². The summed E-state index contributed by atoms with van der Waals surface area (Å²) in [5.74, 6) is 0.0347. The topological polar surface area (TPSA) is 12.5 Å². The number of piperidine rings is 1. The summed E-state index contributed by atoms with van der Waals surface area (Å²) in [6.45, 7) is 1.79. The number of hydrogen-bond donors (Lipinski definition) is 0. The lowest BCUT2D eigenvalue weighted by atomic mass is 10.2. The van der Waals surface area contributed by atoms with Gasteiger partial charge in [0.15, 0.2) is 11.6 Å². The summed E-state index contributed by atoms with van der Waals surface area (Å²) in [4.78, 5) is 5.44. The molecule has 0 atom stereocenters. The van der Waals surface area contributed by atoms with Crippen molar-refractivity contribution < 1.29 is 9.23 Å².